The monoisotopic (exact) mass is 300 g/mol. The number of pyridine rings is 1. The summed E-state index contributed by atoms with van der Waals surface area (Å²) < 4.78 is 29.8. The highest BCUT2D eigenvalue weighted by atomic mass is 19.3. The molecule has 0 amide bonds. The van der Waals surface area contributed by atoms with Crippen LogP contribution < -0.4 is 5.56 Å². The van der Waals surface area contributed by atoms with E-state index >= 15 is 0 Å². The second kappa shape index (κ2) is 6.80. The number of hydrogen-bond donors (Lipinski definition) is 1. The summed E-state index contributed by atoms with van der Waals surface area (Å²) in [6.45, 7) is 2.40. The van der Waals surface area contributed by atoms with E-state index in [0.29, 0.717) is 31.6 Å². The number of piperidine rings is 1. The molecule has 1 fully saturated rings. The number of nitrogens with one attached hydrogen (secondary N) is 1. The maximum Gasteiger partial charge on any atom is 0.344 e. The number of aromatic amines is 1. The van der Waals surface area contributed by atoms with Crippen LogP contribution in [0.1, 0.15) is 28.9 Å². The van der Waals surface area contributed by atoms with Gasteiger partial charge in [-0.1, -0.05) is 0 Å². The van der Waals surface area contributed by atoms with E-state index in [1.54, 1.807) is 17.9 Å². The number of carbonyl (C=O) groups is 1. The fourth-order valence-corrected chi connectivity index (χ4v) is 2.35. The molecule has 2 rings (SSSR count). The minimum absolute atomic E-state index is 0.0318. The second-order valence-electron chi connectivity index (χ2n) is 5.18. The molecule has 116 valence electrons. The first-order valence-electron chi connectivity index (χ1n) is 6.87. The van der Waals surface area contributed by atoms with Gasteiger partial charge in [-0.25, -0.2) is 13.6 Å². The summed E-state index contributed by atoms with van der Waals surface area (Å²) >= 11 is 0. The third-order valence-electron chi connectivity index (χ3n) is 3.48. The molecule has 5 nitrogen and oxygen atoms in total. The van der Waals surface area contributed by atoms with Gasteiger partial charge in [0.25, 0.3) is 12.0 Å². The highest BCUT2D eigenvalue weighted by Crippen LogP contribution is 2.16. The first kappa shape index (κ1) is 15.6. The number of ether oxygens (including phenoxy) is 1. The number of aryl methyl sites for hydroxylation is 1. The van der Waals surface area contributed by atoms with Crippen LogP contribution in [0.3, 0.4) is 0 Å². The number of alkyl halides is 2. The number of hydrogen-bond acceptors (Lipinski definition) is 4. The van der Waals surface area contributed by atoms with Crippen LogP contribution in [0.15, 0.2) is 16.9 Å². The van der Waals surface area contributed by atoms with E-state index in [9.17, 15) is 18.4 Å². The van der Waals surface area contributed by atoms with Crippen LogP contribution in [0.2, 0.25) is 0 Å². The molecule has 21 heavy (non-hydrogen) atoms. The van der Waals surface area contributed by atoms with Gasteiger partial charge in [0.05, 0.1) is 6.54 Å². The first-order chi connectivity index (χ1) is 9.95. The fraction of sp³-hybridized carbons (Fsp3) is 0.571. The predicted molar refractivity (Wildman–Crippen MR) is 72.7 cm³/mol. The minimum atomic E-state index is -2.35. The van der Waals surface area contributed by atoms with Crippen LogP contribution in [0, 0.1) is 6.92 Å². The molecule has 0 saturated carbocycles. The van der Waals surface area contributed by atoms with Gasteiger partial charge in [-0.2, -0.15) is 0 Å². The van der Waals surface area contributed by atoms with Gasteiger partial charge in [0.1, 0.15) is 11.7 Å². The lowest BCUT2D eigenvalue weighted by Gasteiger charge is -2.31. The summed E-state index contributed by atoms with van der Waals surface area (Å²) in [5, 5.41) is 0. The van der Waals surface area contributed by atoms with Crippen molar-refractivity contribution in [1.29, 1.82) is 0 Å². The Bertz CT molecular complexity index is 551. The van der Waals surface area contributed by atoms with Crippen molar-refractivity contribution < 1.29 is 18.3 Å². The van der Waals surface area contributed by atoms with Crippen molar-refractivity contribution in [1.82, 2.24) is 9.88 Å². The van der Waals surface area contributed by atoms with Crippen LogP contribution in [-0.4, -0.2) is 48.0 Å². The zero-order valence-corrected chi connectivity index (χ0v) is 11.8. The molecule has 0 bridgehead atoms. The number of rotatable bonds is 4. The molecule has 0 atom stereocenters. The Morgan fingerprint density at radius 1 is 1.43 bits per heavy atom. The molecule has 1 aromatic rings. The van der Waals surface area contributed by atoms with Crippen molar-refractivity contribution >= 4 is 5.97 Å². The van der Waals surface area contributed by atoms with Crippen molar-refractivity contribution in [3.05, 3.63) is 33.7 Å². The first-order valence-corrected chi connectivity index (χ1v) is 6.87. The molecule has 0 spiro atoms. The van der Waals surface area contributed by atoms with Gasteiger partial charge in [0.15, 0.2) is 0 Å². The molecule has 0 unspecified atom stereocenters. The molecule has 0 aromatic carbocycles. The van der Waals surface area contributed by atoms with Gasteiger partial charge in [0, 0.05) is 18.8 Å². The van der Waals surface area contributed by atoms with Crippen molar-refractivity contribution in [2.24, 2.45) is 0 Å². The molecule has 1 N–H and O–H groups in total. The Kier molecular flexibility index (Phi) is 5.06. The third kappa shape index (κ3) is 4.35. The molecule has 0 aliphatic carbocycles. The minimum Gasteiger partial charge on any atom is -0.459 e. The molecule has 1 aliphatic heterocycles. The van der Waals surface area contributed by atoms with Gasteiger partial charge >= 0.3 is 5.97 Å². The number of esters is 1. The van der Waals surface area contributed by atoms with Crippen LogP contribution in [0.5, 0.6) is 0 Å². The third-order valence-corrected chi connectivity index (χ3v) is 3.48. The van der Waals surface area contributed by atoms with Gasteiger partial charge < -0.3 is 9.72 Å². The Morgan fingerprint density at radius 3 is 2.67 bits per heavy atom. The number of aromatic nitrogens is 1. The molecular formula is C14H18F2N2O3. The predicted octanol–water partition coefficient (Wildman–Crippen LogP) is 1.57. The second-order valence-corrected chi connectivity index (χ2v) is 5.18. The quantitative estimate of drug-likeness (QED) is 0.857. The van der Waals surface area contributed by atoms with Crippen LogP contribution in [0.25, 0.3) is 0 Å². The van der Waals surface area contributed by atoms with E-state index in [1.165, 1.54) is 6.07 Å². The summed E-state index contributed by atoms with van der Waals surface area (Å²) in [4.78, 5) is 27.8. The van der Waals surface area contributed by atoms with Gasteiger partial charge in [-0.15, -0.1) is 0 Å². The van der Waals surface area contributed by atoms with Gasteiger partial charge in [-0.3, -0.25) is 9.69 Å². The van der Waals surface area contributed by atoms with Gasteiger partial charge in [-0.05, 0) is 31.9 Å². The lowest BCUT2D eigenvalue weighted by molar-refractivity contribution is 0.00211. The Balaban J connectivity index is 1.88. The van der Waals surface area contributed by atoms with E-state index in [2.05, 4.69) is 4.98 Å². The van der Waals surface area contributed by atoms with E-state index in [1.807, 2.05) is 0 Å². The molecule has 2 heterocycles. The smallest absolute Gasteiger partial charge is 0.344 e. The largest absolute Gasteiger partial charge is 0.459 e. The average molecular weight is 300 g/mol. The molecule has 1 aliphatic rings. The molecule has 1 saturated heterocycles. The van der Waals surface area contributed by atoms with Crippen molar-refractivity contribution in [2.75, 3.05) is 19.6 Å². The maximum absolute atomic E-state index is 12.3. The Morgan fingerprint density at radius 2 is 2.10 bits per heavy atom. The van der Waals surface area contributed by atoms with Crippen LogP contribution >= 0.6 is 0 Å². The van der Waals surface area contributed by atoms with Crippen LogP contribution in [0.4, 0.5) is 8.78 Å². The Labute approximate surface area is 120 Å². The topological polar surface area (TPSA) is 62.4 Å². The number of nitrogens with zero attached hydrogens (tertiary/aromatic N) is 1. The summed E-state index contributed by atoms with van der Waals surface area (Å²) in [5.74, 6) is -0.663. The number of likely N-dealkylation sites (tertiary alicyclic amines) is 1. The zero-order valence-electron chi connectivity index (χ0n) is 11.8. The lowest BCUT2D eigenvalue weighted by atomic mass is 10.1. The highest BCUT2D eigenvalue weighted by Gasteiger charge is 2.25. The summed E-state index contributed by atoms with van der Waals surface area (Å²) in [5.41, 5.74) is 0.155. The van der Waals surface area contributed by atoms with E-state index < -0.39 is 18.0 Å². The van der Waals surface area contributed by atoms with E-state index in [4.69, 9.17) is 4.74 Å². The van der Waals surface area contributed by atoms with Crippen molar-refractivity contribution in [3.63, 3.8) is 0 Å². The molecule has 1 aromatic heterocycles. The van der Waals surface area contributed by atoms with Gasteiger partial charge in [0.2, 0.25) is 0 Å². The summed E-state index contributed by atoms with van der Waals surface area (Å²) in [7, 11) is 0. The van der Waals surface area contributed by atoms with Crippen LogP contribution in [-0.2, 0) is 4.74 Å². The molecule has 7 heteroatoms. The normalized spacial score (nSPS) is 17.1. The Hall–Kier alpha value is -1.76. The summed E-state index contributed by atoms with van der Waals surface area (Å²) in [6, 6.07) is 3.06. The number of carbonyl (C=O) groups excluding carboxylic acids is 1. The highest BCUT2D eigenvalue weighted by molar-refractivity contribution is 5.89. The van der Waals surface area contributed by atoms with Crippen molar-refractivity contribution in [2.45, 2.75) is 32.3 Å². The zero-order chi connectivity index (χ0) is 15.4. The van der Waals surface area contributed by atoms with E-state index in [-0.39, 0.29) is 18.2 Å². The number of H-pyrrole nitrogens is 1. The van der Waals surface area contributed by atoms with E-state index in [0.717, 1.165) is 0 Å². The maximum atomic E-state index is 12.3. The molecule has 0 radical (unpaired) electrons. The fourth-order valence-electron chi connectivity index (χ4n) is 2.35. The lowest BCUT2D eigenvalue weighted by Crippen LogP contribution is -2.40. The standard InChI is InChI=1S/C14H18F2N2O3/c1-9-2-3-11(13(19)17-9)14(20)21-10-4-6-18(7-5-10)8-12(15)16/h2-3,10,12H,4-8H2,1H3,(H,17,19). The molecular weight excluding hydrogens is 282 g/mol. The van der Waals surface area contributed by atoms with Crippen molar-refractivity contribution in [3.8, 4) is 0 Å². The number of halogens is 2. The summed E-state index contributed by atoms with van der Waals surface area (Å²) in [6.07, 6.45) is -1.67. The SMILES string of the molecule is Cc1ccc(C(=O)OC2CCN(CC(F)F)CC2)c(=O)[nH]1. The average Bonchev–Trinajstić information content (AvgIpc) is 2.40.